The molecule has 2 aliphatic rings. The molecule has 1 aromatic rings. The van der Waals surface area contributed by atoms with Crippen LogP contribution in [-0.2, 0) is 14.3 Å². The van der Waals surface area contributed by atoms with Crippen molar-refractivity contribution in [3.63, 3.8) is 0 Å². The van der Waals surface area contributed by atoms with Crippen molar-refractivity contribution in [1.29, 1.82) is 0 Å². The SMILES string of the molecule is CC1COC(c2ccccc2)C(C)N1C(=O)CN1CCNCC1=O. The third-order valence-electron chi connectivity index (χ3n) is 4.80. The number of piperazine rings is 1. The van der Waals surface area contributed by atoms with E-state index in [2.05, 4.69) is 5.32 Å². The van der Waals surface area contributed by atoms with Crippen molar-refractivity contribution in [2.75, 3.05) is 32.8 Å². The standard InChI is InChI=1S/C18H25N3O3/c1-13-12-24-18(15-6-4-3-5-7-15)14(2)21(13)17(23)11-20-9-8-19-10-16(20)22/h3-7,13-14,18-19H,8-12H2,1-2H3. The van der Waals surface area contributed by atoms with Crippen LogP contribution in [0, 0.1) is 0 Å². The quantitative estimate of drug-likeness (QED) is 0.890. The minimum Gasteiger partial charge on any atom is -0.369 e. The van der Waals surface area contributed by atoms with Crippen LogP contribution in [0.1, 0.15) is 25.5 Å². The molecule has 130 valence electrons. The van der Waals surface area contributed by atoms with Crippen LogP contribution in [0.5, 0.6) is 0 Å². The smallest absolute Gasteiger partial charge is 0.242 e. The number of carbonyl (C=O) groups excluding carboxylic acids is 2. The molecule has 0 aliphatic carbocycles. The van der Waals surface area contributed by atoms with Crippen molar-refractivity contribution in [3.05, 3.63) is 35.9 Å². The molecule has 3 unspecified atom stereocenters. The molecular formula is C18H25N3O3. The Morgan fingerprint density at radius 3 is 2.75 bits per heavy atom. The van der Waals surface area contributed by atoms with Gasteiger partial charge < -0.3 is 19.9 Å². The Morgan fingerprint density at radius 2 is 2.04 bits per heavy atom. The van der Waals surface area contributed by atoms with E-state index >= 15 is 0 Å². The molecule has 2 amide bonds. The zero-order chi connectivity index (χ0) is 17.1. The average molecular weight is 331 g/mol. The van der Waals surface area contributed by atoms with Crippen LogP contribution in [-0.4, -0.2) is 66.5 Å². The van der Waals surface area contributed by atoms with Gasteiger partial charge in [-0.15, -0.1) is 0 Å². The largest absolute Gasteiger partial charge is 0.369 e. The molecule has 2 heterocycles. The summed E-state index contributed by atoms with van der Waals surface area (Å²) in [6.07, 6.45) is -0.134. The van der Waals surface area contributed by atoms with E-state index in [0.29, 0.717) is 19.7 Å². The van der Waals surface area contributed by atoms with Gasteiger partial charge >= 0.3 is 0 Å². The Balaban J connectivity index is 1.72. The van der Waals surface area contributed by atoms with Crippen LogP contribution in [0.4, 0.5) is 0 Å². The van der Waals surface area contributed by atoms with Crippen LogP contribution < -0.4 is 5.32 Å². The number of benzene rings is 1. The predicted octanol–water partition coefficient (Wildman–Crippen LogP) is 0.795. The zero-order valence-electron chi connectivity index (χ0n) is 14.3. The summed E-state index contributed by atoms with van der Waals surface area (Å²) in [5, 5.41) is 3.03. The first-order valence-corrected chi connectivity index (χ1v) is 8.54. The number of rotatable bonds is 3. The number of amides is 2. The van der Waals surface area contributed by atoms with Gasteiger partial charge in [0.15, 0.2) is 0 Å². The summed E-state index contributed by atoms with van der Waals surface area (Å²) in [5.41, 5.74) is 1.08. The van der Waals surface area contributed by atoms with Crippen molar-refractivity contribution in [3.8, 4) is 0 Å². The summed E-state index contributed by atoms with van der Waals surface area (Å²) in [5.74, 6) is -0.0164. The number of morpholine rings is 1. The molecule has 3 rings (SSSR count). The lowest BCUT2D eigenvalue weighted by molar-refractivity contribution is -0.157. The van der Waals surface area contributed by atoms with E-state index < -0.39 is 0 Å². The van der Waals surface area contributed by atoms with Gasteiger partial charge in [-0.25, -0.2) is 0 Å². The third-order valence-corrected chi connectivity index (χ3v) is 4.80. The lowest BCUT2D eigenvalue weighted by Crippen LogP contribution is -2.58. The van der Waals surface area contributed by atoms with Gasteiger partial charge in [-0.1, -0.05) is 30.3 Å². The molecule has 1 aromatic carbocycles. The van der Waals surface area contributed by atoms with Crippen LogP contribution in [0.15, 0.2) is 30.3 Å². The van der Waals surface area contributed by atoms with Gasteiger partial charge in [0, 0.05) is 13.1 Å². The third kappa shape index (κ3) is 3.44. The monoisotopic (exact) mass is 331 g/mol. The summed E-state index contributed by atoms with van der Waals surface area (Å²) >= 11 is 0. The fourth-order valence-corrected chi connectivity index (χ4v) is 3.56. The molecule has 0 bridgehead atoms. The highest BCUT2D eigenvalue weighted by atomic mass is 16.5. The maximum absolute atomic E-state index is 12.9. The van der Waals surface area contributed by atoms with E-state index in [1.807, 2.05) is 49.1 Å². The fraction of sp³-hybridized carbons (Fsp3) is 0.556. The highest BCUT2D eigenvalue weighted by Crippen LogP contribution is 2.30. The van der Waals surface area contributed by atoms with E-state index in [0.717, 1.165) is 12.1 Å². The van der Waals surface area contributed by atoms with Gasteiger partial charge in [0.05, 0.1) is 31.8 Å². The van der Waals surface area contributed by atoms with E-state index in [4.69, 9.17) is 4.74 Å². The highest BCUT2D eigenvalue weighted by Gasteiger charge is 2.37. The Morgan fingerprint density at radius 1 is 1.29 bits per heavy atom. The first kappa shape index (κ1) is 16.9. The molecule has 3 atom stereocenters. The maximum atomic E-state index is 12.9. The first-order valence-electron chi connectivity index (χ1n) is 8.54. The van der Waals surface area contributed by atoms with Gasteiger partial charge in [-0.2, -0.15) is 0 Å². The average Bonchev–Trinajstić information content (AvgIpc) is 2.58. The second kappa shape index (κ2) is 7.32. The lowest BCUT2D eigenvalue weighted by Gasteiger charge is -2.44. The first-order chi connectivity index (χ1) is 11.6. The van der Waals surface area contributed by atoms with E-state index in [1.54, 1.807) is 4.90 Å². The Hall–Kier alpha value is -1.92. The highest BCUT2D eigenvalue weighted by molar-refractivity contribution is 5.86. The van der Waals surface area contributed by atoms with Gasteiger partial charge in [-0.05, 0) is 19.4 Å². The maximum Gasteiger partial charge on any atom is 0.242 e. The van der Waals surface area contributed by atoms with Gasteiger partial charge in [0.1, 0.15) is 6.10 Å². The van der Waals surface area contributed by atoms with Crippen molar-refractivity contribution < 1.29 is 14.3 Å². The minimum atomic E-state index is -0.134. The molecule has 1 N–H and O–H groups in total. The molecule has 0 radical (unpaired) electrons. The van der Waals surface area contributed by atoms with E-state index in [-0.39, 0.29) is 36.5 Å². The van der Waals surface area contributed by atoms with E-state index in [9.17, 15) is 9.59 Å². The van der Waals surface area contributed by atoms with Gasteiger partial charge in [0.2, 0.25) is 11.8 Å². The Bertz CT molecular complexity index is 592. The topological polar surface area (TPSA) is 61.9 Å². The summed E-state index contributed by atoms with van der Waals surface area (Å²) in [7, 11) is 0. The van der Waals surface area contributed by atoms with E-state index in [1.165, 1.54) is 0 Å². The molecule has 2 saturated heterocycles. The lowest BCUT2D eigenvalue weighted by atomic mass is 9.98. The number of nitrogens with one attached hydrogen (secondary N) is 1. The molecular weight excluding hydrogens is 306 g/mol. The zero-order valence-corrected chi connectivity index (χ0v) is 14.3. The molecule has 0 aromatic heterocycles. The van der Waals surface area contributed by atoms with Crippen LogP contribution in [0.3, 0.4) is 0 Å². The van der Waals surface area contributed by atoms with Crippen molar-refractivity contribution in [1.82, 2.24) is 15.1 Å². The molecule has 2 fully saturated rings. The number of carbonyl (C=O) groups is 2. The van der Waals surface area contributed by atoms with Crippen molar-refractivity contribution in [2.24, 2.45) is 0 Å². The number of hydrogen-bond donors (Lipinski definition) is 1. The normalized spacial score (nSPS) is 28.1. The molecule has 0 saturated carbocycles. The van der Waals surface area contributed by atoms with Crippen LogP contribution >= 0.6 is 0 Å². The summed E-state index contributed by atoms with van der Waals surface area (Å²) in [6.45, 7) is 6.30. The van der Waals surface area contributed by atoms with Crippen LogP contribution in [0.25, 0.3) is 0 Å². The summed E-state index contributed by atoms with van der Waals surface area (Å²) in [4.78, 5) is 28.3. The van der Waals surface area contributed by atoms with Crippen molar-refractivity contribution in [2.45, 2.75) is 32.0 Å². The summed E-state index contributed by atoms with van der Waals surface area (Å²) in [6, 6.07) is 9.93. The molecule has 0 spiro atoms. The molecule has 24 heavy (non-hydrogen) atoms. The molecule has 6 nitrogen and oxygen atoms in total. The number of hydrogen-bond acceptors (Lipinski definition) is 4. The summed E-state index contributed by atoms with van der Waals surface area (Å²) < 4.78 is 6.00. The minimum absolute atomic E-state index is 0.00507. The van der Waals surface area contributed by atoms with Crippen molar-refractivity contribution >= 4 is 11.8 Å². The molecule has 6 heteroatoms. The second-order valence-electron chi connectivity index (χ2n) is 6.55. The Labute approximate surface area is 142 Å². The second-order valence-corrected chi connectivity index (χ2v) is 6.55. The fourth-order valence-electron chi connectivity index (χ4n) is 3.56. The molecule has 2 aliphatic heterocycles. The number of nitrogens with zero attached hydrogens (tertiary/aromatic N) is 2. The predicted molar refractivity (Wildman–Crippen MR) is 90.4 cm³/mol. The Kier molecular flexibility index (Phi) is 5.16. The van der Waals surface area contributed by atoms with Crippen LogP contribution in [0.2, 0.25) is 0 Å². The van der Waals surface area contributed by atoms with Gasteiger partial charge in [-0.3, -0.25) is 9.59 Å². The van der Waals surface area contributed by atoms with Gasteiger partial charge in [0.25, 0.3) is 0 Å². The number of ether oxygens (including phenoxy) is 1.